The zero-order valence-corrected chi connectivity index (χ0v) is 19.0. The van der Waals surface area contributed by atoms with Crippen molar-refractivity contribution in [2.45, 2.75) is 44.4 Å². The van der Waals surface area contributed by atoms with Crippen molar-refractivity contribution < 1.29 is 13.5 Å². The van der Waals surface area contributed by atoms with Crippen LogP contribution in [0.25, 0.3) is 22.0 Å². The molecule has 0 saturated carbocycles. The van der Waals surface area contributed by atoms with Gasteiger partial charge in [0.25, 0.3) is 5.56 Å². The molecular formula is C26H25F2N5O2. The van der Waals surface area contributed by atoms with Gasteiger partial charge in [-0.15, -0.1) is 0 Å². The van der Waals surface area contributed by atoms with Gasteiger partial charge in [-0.25, -0.2) is 14.6 Å². The van der Waals surface area contributed by atoms with Gasteiger partial charge in [-0.1, -0.05) is 24.3 Å². The number of hydrogen-bond donors (Lipinski definition) is 1. The van der Waals surface area contributed by atoms with Crippen molar-refractivity contribution in [2.75, 3.05) is 13.1 Å². The second kappa shape index (κ2) is 8.88. The molecule has 4 aromatic rings. The largest absolute Gasteiger partial charge is 0.434 e. The SMILES string of the molecule is O=c1c2ccc(-c3cnc(C4CCNCC4)nc3)cc2n2n1CCC2c1ccccc1OC(F)F. The second-order valence-corrected chi connectivity index (χ2v) is 9.08. The molecular weight excluding hydrogens is 452 g/mol. The van der Waals surface area contributed by atoms with Gasteiger partial charge in [0.1, 0.15) is 11.6 Å². The summed E-state index contributed by atoms with van der Waals surface area (Å²) in [5.41, 5.74) is 3.07. The molecule has 0 amide bonds. The summed E-state index contributed by atoms with van der Waals surface area (Å²) in [5, 5.41) is 3.95. The standard InChI is InChI=1S/C26H25F2N5O2/c27-26(28)35-23-4-2-1-3-19(23)21-9-12-32-25(34)20-6-5-17(13-22(20)33(21)32)18-14-30-24(31-15-18)16-7-10-29-11-8-16/h1-6,13-16,21,26,29H,7-12H2. The van der Waals surface area contributed by atoms with Crippen LogP contribution >= 0.6 is 0 Å². The fraction of sp³-hybridized carbons (Fsp3) is 0.346. The molecule has 0 radical (unpaired) electrons. The van der Waals surface area contributed by atoms with Crippen LogP contribution in [0.3, 0.4) is 0 Å². The smallest absolute Gasteiger partial charge is 0.387 e. The number of piperidine rings is 1. The number of aromatic nitrogens is 4. The lowest BCUT2D eigenvalue weighted by Crippen LogP contribution is -2.27. The van der Waals surface area contributed by atoms with E-state index in [1.807, 2.05) is 35.3 Å². The summed E-state index contributed by atoms with van der Waals surface area (Å²) in [6, 6.07) is 12.2. The van der Waals surface area contributed by atoms with Gasteiger partial charge in [0.15, 0.2) is 0 Å². The number of benzene rings is 2. The Morgan fingerprint density at radius 3 is 2.54 bits per heavy atom. The highest BCUT2D eigenvalue weighted by atomic mass is 19.3. The maximum absolute atomic E-state index is 13.1. The Balaban J connectivity index is 1.40. The quantitative estimate of drug-likeness (QED) is 0.464. The predicted octanol–water partition coefficient (Wildman–Crippen LogP) is 4.32. The van der Waals surface area contributed by atoms with E-state index in [0.717, 1.165) is 48.4 Å². The van der Waals surface area contributed by atoms with Crippen molar-refractivity contribution in [3.05, 3.63) is 76.6 Å². The molecule has 0 spiro atoms. The molecule has 2 aliphatic heterocycles. The topological polar surface area (TPSA) is 74.0 Å². The first-order valence-corrected chi connectivity index (χ1v) is 11.9. The van der Waals surface area contributed by atoms with Gasteiger partial charge in [-0.3, -0.25) is 9.48 Å². The van der Waals surface area contributed by atoms with Gasteiger partial charge in [0.05, 0.1) is 16.9 Å². The molecule has 2 aliphatic rings. The summed E-state index contributed by atoms with van der Waals surface area (Å²) in [6.45, 7) is -0.452. The number of halogens is 2. The van der Waals surface area contributed by atoms with Crippen molar-refractivity contribution in [1.82, 2.24) is 24.6 Å². The molecule has 1 saturated heterocycles. The molecule has 6 rings (SSSR count). The van der Waals surface area contributed by atoms with E-state index in [1.54, 1.807) is 28.9 Å². The van der Waals surface area contributed by atoms with E-state index in [9.17, 15) is 13.6 Å². The van der Waals surface area contributed by atoms with Crippen LogP contribution in [0.15, 0.2) is 59.7 Å². The number of para-hydroxylation sites is 1. The monoisotopic (exact) mass is 477 g/mol. The Morgan fingerprint density at radius 2 is 1.77 bits per heavy atom. The van der Waals surface area contributed by atoms with Crippen LogP contribution in [0, 0.1) is 0 Å². The zero-order chi connectivity index (χ0) is 23.9. The van der Waals surface area contributed by atoms with Gasteiger partial charge in [-0.2, -0.15) is 8.78 Å². The summed E-state index contributed by atoms with van der Waals surface area (Å²) in [6.07, 6.45) is 6.36. The Morgan fingerprint density at radius 1 is 1.00 bits per heavy atom. The van der Waals surface area contributed by atoms with Crippen molar-refractivity contribution in [3.63, 3.8) is 0 Å². The fourth-order valence-electron chi connectivity index (χ4n) is 5.39. The van der Waals surface area contributed by atoms with Crippen molar-refractivity contribution in [3.8, 4) is 16.9 Å². The van der Waals surface area contributed by atoms with Crippen LogP contribution in [-0.2, 0) is 6.54 Å². The maximum atomic E-state index is 13.1. The minimum Gasteiger partial charge on any atom is -0.434 e. The van der Waals surface area contributed by atoms with Gasteiger partial charge < -0.3 is 10.1 Å². The summed E-state index contributed by atoms with van der Waals surface area (Å²) < 4.78 is 34.5. The average molecular weight is 478 g/mol. The second-order valence-electron chi connectivity index (χ2n) is 9.08. The normalized spacial score (nSPS) is 18.3. The zero-order valence-electron chi connectivity index (χ0n) is 19.0. The number of hydrogen-bond acceptors (Lipinski definition) is 5. The van der Waals surface area contributed by atoms with Crippen LogP contribution < -0.4 is 15.6 Å². The predicted molar refractivity (Wildman–Crippen MR) is 128 cm³/mol. The minimum absolute atomic E-state index is 0.0844. The number of nitrogens with one attached hydrogen (secondary N) is 1. The molecule has 35 heavy (non-hydrogen) atoms. The summed E-state index contributed by atoms with van der Waals surface area (Å²) in [5.74, 6) is 1.37. The van der Waals surface area contributed by atoms with Crippen LogP contribution in [0.1, 0.15) is 42.6 Å². The summed E-state index contributed by atoms with van der Waals surface area (Å²) >= 11 is 0. The Labute approximate surface area is 200 Å². The molecule has 1 atom stereocenters. The first-order valence-electron chi connectivity index (χ1n) is 11.9. The molecule has 7 nitrogen and oxygen atoms in total. The lowest BCUT2D eigenvalue weighted by Gasteiger charge is -2.21. The van der Waals surface area contributed by atoms with E-state index >= 15 is 0 Å². The Bertz CT molecular complexity index is 1420. The molecule has 2 aromatic carbocycles. The highest BCUT2D eigenvalue weighted by molar-refractivity contribution is 5.84. The van der Waals surface area contributed by atoms with Gasteiger partial charge in [0, 0.05) is 36.0 Å². The minimum atomic E-state index is -2.92. The average Bonchev–Trinajstić information content (AvgIpc) is 3.44. The third-order valence-electron chi connectivity index (χ3n) is 7.08. The highest BCUT2D eigenvalue weighted by Gasteiger charge is 2.30. The van der Waals surface area contributed by atoms with Crippen LogP contribution in [0.5, 0.6) is 5.75 Å². The van der Waals surface area contributed by atoms with E-state index in [2.05, 4.69) is 15.3 Å². The van der Waals surface area contributed by atoms with E-state index in [-0.39, 0.29) is 17.4 Å². The van der Waals surface area contributed by atoms with Crippen molar-refractivity contribution in [1.29, 1.82) is 0 Å². The Hall–Kier alpha value is -3.59. The molecule has 0 bridgehead atoms. The number of rotatable bonds is 5. The fourth-order valence-corrected chi connectivity index (χ4v) is 5.39. The van der Waals surface area contributed by atoms with E-state index in [0.29, 0.717) is 29.8 Å². The van der Waals surface area contributed by atoms with Crippen molar-refractivity contribution >= 4 is 10.9 Å². The molecule has 1 unspecified atom stereocenters. The number of fused-ring (bicyclic) bond motifs is 3. The maximum Gasteiger partial charge on any atom is 0.387 e. The highest BCUT2D eigenvalue weighted by Crippen LogP contribution is 2.37. The molecule has 1 N–H and O–H groups in total. The molecule has 1 fully saturated rings. The van der Waals surface area contributed by atoms with E-state index in [4.69, 9.17) is 4.74 Å². The lowest BCUT2D eigenvalue weighted by atomic mass is 9.97. The molecule has 9 heteroatoms. The number of ether oxygens (including phenoxy) is 1. The van der Waals surface area contributed by atoms with Gasteiger partial charge in [0.2, 0.25) is 0 Å². The first kappa shape index (κ1) is 21.9. The van der Waals surface area contributed by atoms with Crippen LogP contribution in [-0.4, -0.2) is 39.0 Å². The number of nitrogens with zero attached hydrogens (tertiary/aromatic N) is 4. The van der Waals surface area contributed by atoms with Gasteiger partial charge >= 0.3 is 6.61 Å². The molecule has 4 heterocycles. The number of alkyl halides is 2. The molecule has 180 valence electrons. The lowest BCUT2D eigenvalue weighted by molar-refractivity contribution is -0.0507. The first-order chi connectivity index (χ1) is 17.1. The van der Waals surface area contributed by atoms with E-state index < -0.39 is 6.61 Å². The Kier molecular flexibility index (Phi) is 5.56. The molecule has 0 aliphatic carbocycles. The summed E-state index contributed by atoms with van der Waals surface area (Å²) in [7, 11) is 0. The third kappa shape index (κ3) is 3.89. The van der Waals surface area contributed by atoms with Crippen LogP contribution in [0.2, 0.25) is 0 Å². The summed E-state index contributed by atoms with van der Waals surface area (Å²) in [4.78, 5) is 22.4. The van der Waals surface area contributed by atoms with Crippen LogP contribution in [0.4, 0.5) is 8.78 Å². The van der Waals surface area contributed by atoms with Crippen molar-refractivity contribution in [2.24, 2.45) is 0 Å². The molecule has 2 aromatic heterocycles. The van der Waals surface area contributed by atoms with Gasteiger partial charge in [-0.05, 0) is 56.1 Å². The third-order valence-corrected chi connectivity index (χ3v) is 7.08. The van der Waals surface area contributed by atoms with E-state index in [1.165, 1.54) is 0 Å².